The van der Waals surface area contributed by atoms with Crippen molar-refractivity contribution in [3.8, 4) is 0 Å². The standard InChI is InChI=1S/C10H18N2O3/c1-2-3-8(11-6-13)9(14)10(15)12-7-4-5-7/h6-9,14H,2-5H2,1H3,(H,11,13)(H,12,15)/t8-,9?/m0/s1. The van der Waals surface area contributed by atoms with Crippen LogP contribution in [0.15, 0.2) is 0 Å². The Morgan fingerprint density at radius 1 is 1.60 bits per heavy atom. The summed E-state index contributed by atoms with van der Waals surface area (Å²) in [7, 11) is 0. The van der Waals surface area contributed by atoms with Crippen LogP contribution in [0.3, 0.4) is 0 Å². The quantitative estimate of drug-likeness (QED) is 0.502. The van der Waals surface area contributed by atoms with Gasteiger partial charge in [-0.15, -0.1) is 0 Å². The van der Waals surface area contributed by atoms with Gasteiger partial charge in [0.25, 0.3) is 5.91 Å². The number of carbonyl (C=O) groups is 2. The SMILES string of the molecule is CCC[C@H](NC=O)C(O)C(=O)NC1CC1. The maximum absolute atomic E-state index is 11.5. The third-order valence-corrected chi connectivity index (χ3v) is 2.46. The number of aliphatic hydroxyl groups excluding tert-OH is 1. The highest BCUT2D eigenvalue weighted by Gasteiger charge is 2.30. The highest BCUT2D eigenvalue weighted by atomic mass is 16.3. The minimum atomic E-state index is -1.14. The molecule has 0 spiro atoms. The van der Waals surface area contributed by atoms with Gasteiger partial charge in [-0.2, -0.15) is 0 Å². The van der Waals surface area contributed by atoms with Gasteiger partial charge in [-0.05, 0) is 19.3 Å². The van der Waals surface area contributed by atoms with Gasteiger partial charge in [0.1, 0.15) is 0 Å². The van der Waals surface area contributed by atoms with Crippen LogP contribution in [0.25, 0.3) is 0 Å². The van der Waals surface area contributed by atoms with E-state index >= 15 is 0 Å². The van der Waals surface area contributed by atoms with Crippen molar-refractivity contribution in [2.75, 3.05) is 0 Å². The van der Waals surface area contributed by atoms with Crippen LogP contribution in [0.1, 0.15) is 32.6 Å². The number of aliphatic hydroxyl groups is 1. The van der Waals surface area contributed by atoms with E-state index in [-0.39, 0.29) is 11.9 Å². The van der Waals surface area contributed by atoms with E-state index in [0.717, 1.165) is 19.3 Å². The third-order valence-electron chi connectivity index (χ3n) is 2.46. The molecule has 2 amide bonds. The number of nitrogens with one attached hydrogen (secondary N) is 2. The molecule has 0 saturated heterocycles. The van der Waals surface area contributed by atoms with Crippen LogP contribution in [0, 0.1) is 0 Å². The van der Waals surface area contributed by atoms with E-state index in [9.17, 15) is 14.7 Å². The van der Waals surface area contributed by atoms with Gasteiger partial charge in [-0.3, -0.25) is 9.59 Å². The van der Waals surface area contributed by atoms with Crippen LogP contribution >= 0.6 is 0 Å². The van der Waals surface area contributed by atoms with Crippen molar-refractivity contribution in [2.24, 2.45) is 0 Å². The molecule has 0 aromatic rings. The maximum Gasteiger partial charge on any atom is 0.251 e. The Kier molecular flexibility index (Phi) is 4.55. The molecule has 0 aromatic heterocycles. The normalized spacial score (nSPS) is 19.1. The average molecular weight is 214 g/mol. The van der Waals surface area contributed by atoms with Gasteiger partial charge in [0.2, 0.25) is 6.41 Å². The summed E-state index contributed by atoms with van der Waals surface area (Å²) in [6.07, 6.45) is 2.75. The molecule has 0 radical (unpaired) electrons. The van der Waals surface area contributed by atoms with Crippen LogP contribution < -0.4 is 10.6 Å². The summed E-state index contributed by atoms with van der Waals surface area (Å²) in [5.41, 5.74) is 0. The van der Waals surface area contributed by atoms with Crippen molar-refractivity contribution in [3.63, 3.8) is 0 Å². The molecule has 1 fully saturated rings. The average Bonchev–Trinajstić information content (AvgIpc) is 3.00. The molecule has 15 heavy (non-hydrogen) atoms. The fourth-order valence-corrected chi connectivity index (χ4v) is 1.43. The minimum Gasteiger partial charge on any atom is -0.381 e. The minimum absolute atomic E-state index is 0.227. The van der Waals surface area contributed by atoms with Crippen LogP contribution in [-0.2, 0) is 9.59 Å². The predicted molar refractivity (Wildman–Crippen MR) is 55.1 cm³/mol. The van der Waals surface area contributed by atoms with Crippen molar-refractivity contribution < 1.29 is 14.7 Å². The fourth-order valence-electron chi connectivity index (χ4n) is 1.43. The van der Waals surface area contributed by atoms with Crippen molar-refractivity contribution in [1.82, 2.24) is 10.6 Å². The molecular formula is C10H18N2O3. The van der Waals surface area contributed by atoms with Gasteiger partial charge in [-0.25, -0.2) is 0 Å². The van der Waals surface area contributed by atoms with E-state index in [1.54, 1.807) is 0 Å². The molecule has 1 unspecified atom stereocenters. The second kappa shape index (κ2) is 5.70. The van der Waals surface area contributed by atoms with Crippen LogP contribution in [0.2, 0.25) is 0 Å². The molecule has 5 nitrogen and oxygen atoms in total. The Morgan fingerprint density at radius 3 is 2.73 bits per heavy atom. The molecule has 5 heteroatoms. The largest absolute Gasteiger partial charge is 0.381 e. The highest BCUT2D eigenvalue weighted by Crippen LogP contribution is 2.19. The van der Waals surface area contributed by atoms with Crippen LogP contribution in [-0.4, -0.2) is 35.6 Å². The summed E-state index contributed by atoms with van der Waals surface area (Å²) in [4.78, 5) is 21.8. The Morgan fingerprint density at radius 2 is 2.27 bits per heavy atom. The molecule has 0 heterocycles. The second-order valence-electron chi connectivity index (χ2n) is 3.91. The molecule has 86 valence electrons. The first-order chi connectivity index (χ1) is 7.19. The lowest BCUT2D eigenvalue weighted by atomic mass is 10.1. The molecule has 1 aliphatic carbocycles. The molecular weight excluding hydrogens is 196 g/mol. The Bertz CT molecular complexity index is 229. The maximum atomic E-state index is 11.5. The van der Waals surface area contributed by atoms with Gasteiger partial charge in [0, 0.05) is 6.04 Å². The first-order valence-corrected chi connectivity index (χ1v) is 5.37. The molecule has 0 bridgehead atoms. The number of carbonyl (C=O) groups excluding carboxylic acids is 2. The van der Waals surface area contributed by atoms with E-state index in [4.69, 9.17) is 0 Å². The number of amides is 2. The van der Waals surface area contributed by atoms with Gasteiger partial charge in [0.05, 0.1) is 6.04 Å². The first-order valence-electron chi connectivity index (χ1n) is 5.37. The topological polar surface area (TPSA) is 78.4 Å². The molecule has 1 saturated carbocycles. The Labute approximate surface area is 89.2 Å². The van der Waals surface area contributed by atoms with E-state index < -0.39 is 12.1 Å². The predicted octanol–water partition coefficient (Wildman–Crippen LogP) is -0.459. The van der Waals surface area contributed by atoms with Crippen LogP contribution in [0.5, 0.6) is 0 Å². The summed E-state index contributed by atoms with van der Waals surface area (Å²) < 4.78 is 0. The molecule has 0 aromatic carbocycles. The fraction of sp³-hybridized carbons (Fsp3) is 0.800. The summed E-state index contributed by atoms with van der Waals surface area (Å²) in [5.74, 6) is -0.384. The Hall–Kier alpha value is -1.10. The van der Waals surface area contributed by atoms with Crippen LogP contribution in [0.4, 0.5) is 0 Å². The summed E-state index contributed by atoms with van der Waals surface area (Å²) in [6, 6.07) is -0.253. The number of rotatable bonds is 7. The van der Waals surface area contributed by atoms with Crippen molar-refractivity contribution in [3.05, 3.63) is 0 Å². The molecule has 2 atom stereocenters. The molecule has 0 aliphatic heterocycles. The van der Waals surface area contributed by atoms with E-state index in [1.807, 2.05) is 6.92 Å². The van der Waals surface area contributed by atoms with Gasteiger partial charge in [-0.1, -0.05) is 13.3 Å². The van der Waals surface area contributed by atoms with E-state index in [0.29, 0.717) is 12.8 Å². The van der Waals surface area contributed by atoms with E-state index in [1.165, 1.54) is 0 Å². The monoisotopic (exact) mass is 214 g/mol. The molecule has 1 aliphatic rings. The third kappa shape index (κ3) is 3.87. The summed E-state index contributed by atoms with van der Waals surface area (Å²) in [5, 5.41) is 14.9. The summed E-state index contributed by atoms with van der Waals surface area (Å²) in [6.45, 7) is 1.94. The zero-order chi connectivity index (χ0) is 11.3. The van der Waals surface area contributed by atoms with Gasteiger partial charge >= 0.3 is 0 Å². The highest BCUT2D eigenvalue weighted by molar-refractivity contribution is 5.82. The van der Waals surface area contributed by atoms with Gasteiger partial charge < -0.3 is 15.7 Å². The van der Waals surface area contributed by atoms with Gasteiger partial charge in [0.15, 0.2) is 6.10 Å². The lowest BCUT2D eigenvalue weighted by Gasteiger charge is -2.20. The summed E-state index contributed by atoms with van der Waals surface area (Å²) >= 11 is 0. The zero-order valence-electron chi connectivity index (χ0n) is 8.90. The van der Waals surface area contributed by atoms with Crippen molar-refractivity contribution in [1.29, 1.82) is 0 Å². The second-order valence-corrected chi connectivity index (χ2v) is 3.91. The van der Waals surface area contributed by atoms with E-state index in [2.05, 4.69) is 10.6 Å². The lowest BCUT2D eigenvalue weighted by molar-refractivity contribution is -0.131. The Balaban J connectivity index is 2.40. The lowest BCUT2D eigenvalue weighted by Crippen LogP contribution is -2.48. The van der Waals surface area contributed by atoms with Crippen molar-refractivity contribution >= 4 is 12.3 Å². The zero-order valence-corrected chi connectivity index (χ0v) is 8.90. The number of hydrogen-bond acceptors (Lipinski definition) is 3. The molecule has 1 rings (SSSR count). The molecule has 3 N–H and O–H groups in total. The number of hydrogen-bond donors (Lipinski definition) is 3. The van der Waals surface area contributed by atoms with Crippen molar-refractivity contribution in [2.45, 2.75) is 50.8 Å². The first kappa shape index (κ1) is 12.0. The smallest absolute Gasteiger partial charge is 0.251 e.